The molecule has 4 heterocycles. The van der Waals surface area contributed by atoms with Crippen LogP contribution < -0.4 is 15.2 Å². The molecular formula is C33H32F2N3O14PS. The summed E-state index contributed by atoms with van der Waals surface area (Å²) in [6.07, 6.45) is 1.93. The number of morpholine rings is 1. The second-order valence-electron chi connectivity index (χ2n) is 12.3. The Hall–Kier alpha value is -4.40. The number of nitrogens with zero attached hydrogens (tertiary/aromatic N) is 3. The second-order valence-corrected chi connectivity index (χ2v) is 15.0. The lowest BCUT2D eigenvalue weighted by Crippen LogP contribution is -2.68. The van der Waals surface area contributed by atoms with Gasteiger partial charge < -0.3 is 34.1 Å². The van der Waals surface area contributed by atoms with E-state index in [1.807, 2.05) is 18.2 Å². The molecule has 2 aromatic carbocycles. The maximum Gasteiger partial charge on any atom is 0.483 e. The standard InChI is InChI=1S/C33H32F2N3O14PS/c34-22-6-5-19-21(28(22)35)14-54-24-4-2-1-3-20(24)29(19)38-25-13-49-33(8-9-33)15-36(25)32(44)30-31(23(41)7-10-37(30)38)48-18-52-53(45,50-16-46-26(42)11-39)51-17-47-27(43)12-40/h1-7,10,25,29,39-40H,8-9,11-18H2/t25-,29+/m1/s1. The van der Waals surface area contributed by atoms with Crippen molar-refractivity contribution in [3.05, 3.63) is 92.9 Å². The number of fused-ring (bicyclic) bond motifs is 4. The van der Waals surface area contributed by atoms with Crippen LogP contribution in [0.1, 0.15) is 46.1 Å². The van der Waals surface area contributed by atoms with Gasteiger partial charge in [0.1, 0.15) is 19.4 Å². The number of thioether (sulfide) groups is 1. The minimum Gasteiger partial charge on any atom is -0.460 e. The molecule has 7 rings (SSSR count). The van der Waals surface area contributed by atoms with Gasteiger partial charge in [-0.25, -0.2) is 36.5 Å². The van der Waals surface area contributed by atoms with Crippen LogP contribution in [0.25, 0.3) is 0 Å². The Labute approximate surface area is 308 Å². The lowest BCUT2D eigenvalue weighted by atomic mass is 9.93. The van der Waals surface area contributed by atoms with Crippen molar-refractivity contribution < 1.29 is 70.5 Å². The number of hydrogen-bond acceptors (Lipinski definition) is 16. The number of aromatic nitrogens is 1. The van der Waals surface area contributed by atoms with Crippen molar-refractivity contribution >= 4 is 37.4 Å². The molecule has 1 amide bonds. The van der Waals surface area contributed by atoms with E-state index in [1.165, 1.54) is 28.7 Å². The van der Waals surface area contributed by atoms with Crippen LogP contribution in [0.5, 0.6) is 5.75 Å². The normalized spacial score (nSPS) is 19.6. The first-order chi connectivity index (χ1) is 26.0. The SMILES string of the molecule is O=C(CO)OCOP(=O)(OCOC(=O)CO)OCOc1c2n(ccc1=O)N([C@@H]1c3ccccc3SCc3c1ccc(F)c3F)[C@@H]1COC3(CC3)CN1C2=O. The molecule has 4 aliphatic rings. The molecule has 2 N–H and O–H groups in total. The first-order valence-corrected chi connectivity index (χ1v) is 18.8. The maximum absolute atomic E-state index is 15.6. The van der Waals surface area contributed by atoms with Crippen molar-refractivity contribution in [3.8, 4) is 5.75 Å². The van der Waals surface area contributed by atoms with Crippen LogP contribution in [-0.4, -0.2) is 96.1 Å². The Bertz CT molecular complexity index is 2060. The average molecular weight is 796 g/mol. The van der Waals surface area contributed by atoms with E-state index in [2.05, 4.69) is 9.47 Å². The molecule has 21 heteroatoms. The monoisotopic (exact) mass is 795 g/mol. The molecule has 1 saturated heterocycles. The summed E-state index contributed by atoms with van der Waals surface area (Å²) in [4.78, 5) is 52.9. The summed E-state index contributed by atoms with van der Waals surface area (Å²) < 4.78 is 81.0. The summed E-state index contributed by atoms with van der Waals surface area (Å²) in [6.45, 7) is -5.07. The number of phosphoric ester groups is 1. The van der Waals surface area contributed by atoms with Crippen LogP contribution in [0, 0.1) is 11.6 Å². The van der Waals surface area contributed by atoms with Gasteiger partial charge in [-0.2, -0.15) is 0 Å². The molecule has 1 spiro atoms. The number of pyridine rings is 1. The third-order valence-corrected chi connectivity index (χ3v) is 11.5. The lowest BCUT2D eigenvalue weighted by Gasteiger charge is -2.53. The van der Waals surface area contributed by atoms with Gasteiger partial charge in [-0.15, -0.1) is 11.8 Å². The predicted octanol–water partition coefficient (Wildman–Crippen LogP) is 2.28. The number of carbonyl (C=O) groups excluding carboxylic acids is 3. The molecule has 1 aliphatic carbocycles. The topological polar surface area (TPSA) is 202 Å². The number of carbonyl (C=O) groups is 3. The Morgan fingerprint density at radius 1 is 0.944 bits per heavy atom. The zero-order valence-corrected chi connectivity index (χ0v) is 29.8. The molecule has 2 fully saturated rings. The van der Waals surface area contributed by atoms with Crippen molar-refractivity contribution in [2.45, 2.75) is 41.3 Å². The molecule has 288 valence electrons. The highest BCUT2D eigenvalue weighted by molar-refractivity contribution is 7.98. The first kappa shape index (κ1) is 37.9. The van der Waals surface area contributed by atoms with Gasteiger partial charge >= 0.3 is 19.8 Å². The fourth-order valence-corrected chi connectivity index (χ4v) is 8.28. The molecule has 2 atom stereocenters. The molecule has 1 saturated carbocycles. The number of esters is 2. The lowest BCUT2D eigenvalue weighted by molar-refractivity contribution is -0.157. The van der Waals surface area contributed by atoms with E-state index in [-0.39, 0.29) is 30.2 Å². The summed E-state index contributed by atoms with van der Waals surface area (Å²) in [6, 6.07) is 10.1. The molecule has 1 aromatic heterocycles. The zero-order chi connectivity index (χ0) is 38.2. The van der Waals surface area contributed by atoms with E-state index >= 15 is 4.39 Å². The van der Waals surface area contributed by atoms with Crippen molar-refractivity contribution in [3.63, 3.8) is 0 Å². The minimum absolute atomic E-state index is 0.0427. The molecule has 0 unspecified atom stereocenters. The number of ether oxygens (including phenoxy) is 4. The van der Waals surface area contributed by atoms with Gasteiger partial charge in [0.15, 0.2) is 17.3 Å². The molecular weight excluding hydrogens is 763 g/mol. The largest absolute Gasteiger partial charge is 0.483 e. The van der Waals surface area contributed by atoms with Crippen LogP contribution in [0.3, 0.4) is 0 Å². The van der Waals surface area contributed by atoms with Gasteiger partial charge in [-0.1, -0.05) is 24.3 Å². The fourth-order valence-electron chi connectivity index (χ4n) is 6.40. The van der Waals surface area contributed by atoms with E-state index in [4.69, 9.17) is 33.3 Å². The smallest absolute Gasteiger partial charge is 0.460 e. The van der Waals surface area contributed by atoms with E-state index in [0.29, 0.717) is 24.0 Å². The van der Waals surface area contributed by atoms with Gasteiger partial charge in [0, 0.05) is 28.5 Å². The molecule has 0 radical (unpaired) electrons. The summed E-state index contributed by atoms with van der Waals surface area (Å²) in [5.41, 5.74) is -0.406. The zero-order valence-electron chi connectivity index (χ0n) is 28.1. The summed E-state index contributed by atoms with van der Waals surface area (Å²) in [7, 11) is -4.84. The molecule has 54 heavy (non-hydrogen) atoms. The van der Waals surface area contributed by atoms with E-state index in [0.717, 1.165) is 17.0 Å². The number of phosphoric acid groups is 1. The summed E-state index contributed by atoms with van der Waals surface area (Å²) in [5, 5.41) is 19.5. The van der Waals surface area contributed by atoms with Gasteiger partial charge in [0.2, 0.25) is 31.6 Å². The molecule has 17 nitrogen and oxygen atoms in total. The third kappa shape index (κ3) is 7.35. The number of aliphatic hydroxyl groups is 2. The average Bonchev–Trinajstić information content (AvgIpc) is 3.95. The highest BCUT2D eigenvalue weighted by atomic mass is 32.2. The Kier molecular flexibility index (Phi) is 10.8. The van der Waals surface area contributed by atoms with Gasteiger partial charge in [0.25, 0.3) is 5.91 Å². The Morgan fingerprint density at radius 3 is 2.31 bits per heavy atom. The molecule has 3 aliphatic heterocycles. The van der Waals surface area contributed by atoms with Crippen LogP contribution in [-0.2, 0) is 47.7 Å². The van der Waals surface area contributed by atoms with Gasteiger partial charge in [-0.05, 0) is 36.1 Å². The van der Waals surface area contributed by atoms with Crippen LogP contribution in [0.2, 0.25) is 0 Å². The van der Waals surface area contributed by atoms with E-state index < -0.39 is 99.9 Å². The minimum atomic E-state index is -4.84. The van der Waals surface area contributed by atoms with Gasteiger partial charge in [-0.3, -0.25) is 19.3 Å². The quantitative estimate of drug-likeness (QED) is 0.145. The summed E-state index contributed by atoms with van der Waals surface area (Å²) >= 11 is 1.32. The van der Waals surface area contributed by atoms with E-state index in [9.17, 15) is 28.1 Å². The van der Waals surface area contributed by atoms with E-state index in [1.54, 1.807) is 16.0 Å². The Balaban J connectivity index is 1.27. The molecule has 3 aromatic rings. The highest BCUT2D eigenvalue weighted by Gasteiger charge is 2.56. The number of rotatable bonds is 13. The number of hydrogen-bond donors (Lipinski definition) is 2. The number of benzene rings is 2. The Morgan fingerprint density at radius 2 is 1.63 bits per heavy atom. The van der Waals surface area contributed by atoms with Crippen molar-refractivity contribution in [2.75, 3.05) is 51.8 Å². The maximum atomic E-state index is 15.6. The number of aliphatic hydroxyl groups excluding tert-OH is 2. The highest BCUT2D eigenvalue weighted by Crippen LogP contribution is 2.51. The van der Waals surface area contributed by atoms with Crippen molar-refractivity contribution in [1.82, 2.24) is 9.58 Å². The predicted molar refractivity (Wildman–Crippen MR) is 178 cm³/mol. The van der Waals surface area contributed by atoms with Crippen molar-refractivity contribution in [2.24, 2.45) is 0 Å². The fraction of sp³-hybridized carbons (Fsp3) is 0.394. The van der Waals surface area contributed by atoms with Crippen molar-refractivity contribution in [1.29, 1.82) is 0 Å². The number of halogens is 2. The van der Waals surface area contributed by atoms with Crippen LogP contribution >= 0.6 is 19.6 Å². The number of amides is 1. The van der Waals surface area contributed by atoms with Crippen LogP contribution in [0.15, 0.2) is 58.4 Å². The second kappa shape index (κ2) is 15.4. The first-order valence-electron chi connectivity index (χ1n) is 16.4. The van der Waals surface area contributed by atoms with Gasteiger partial charge in [0.05, 0.1) is 24.8 Å². The van der Waals surface area contributed by atoms with Crippen LogP contribution in [0.4, 0.5) is 8.78 Å². The third-order valence-electron chi connectivity index (χ3n) is 9.13. The summed E-state index contributed by atoms with van der Waals surface area (Å²) in [5.74, 6) is -5.40. The molecule has 0 bridgehead atoms.